The van der Waals surface area contributed by atoms with E-state index in [1.165, 1.54) is 32.0 Å². The van der Waals surface area contributed by atoms with Gasteiger partial charge in [0.2, 0.25) is 0 Å². The van der Waals surface area contributed by atoms with Crippen molar-refractivity contribution < 1.29 is 9.59 Å². The third kappa shape index (κ3) is 8.21. The number of hydrogen-bond acceptors (Lipinski definition) is 7. The number of rotatable bonds is 5. The molecule has 0 radical (unpaired) electrons. The topological polar surface area (TPSA) is 87.2 Å². The van der Waals surface area contributed by atoms with E-state index in [0.29, 0.717) is 12.6 Å². The lowest BCUT2D eigenvalue weighted by Gasteiger charge is -2.28. The molecule has 33 heavy (non-hydrogen) atoms. The SMILES string of the molecule is C=CC=O.CNC1CCN(C)CC1.CNc1cccc(-c2ccc3cnc(C=O)nc3c2)c1. The van der Waals surface area contributed by atoms with Crippen LogP contribution in [0.1, 0.15) is 23.5 Å². The molecule has 1 fully saturated rings. The Morgan fingerprint density at radius 1 is 1.06 bits per heavy atom. The fourth-order valence-corrected chi connectivity index (χ4v) is 3.43. The highest BCUT2D eigenvalue weighted by atomic mass is 16.1. The number of nitrogens with zero attached hydrogens (tertiary/aromatic N) is 3. The smallest absolute Gasteiger partial charge is 0.193 e. The fourth-order valence-electron chi connectivity index (χ4n) is 3.43. The molecule has 0 saturated carbocycles. The van der Waals surface area contributed by atoms with Crippen LogP contribution in [-0.2, 0) is 4.79 Å². The fraction of sp³-hybridized carbons (Fsp3) is 0.308. The molecule has 1 saturated heterocycles. The molecule has 0 aliphatic carbocycles. The van der Waals surface area contributed by atoms with Crippen molar-refractivity contribution in [3.05, 3.63) is 67.1 Å². The quantitative estimate of drug-likeness (QED) is 0.454. The summed E-state index contributed by atoms with van der Waals surface area (Å²) in [6.07, 6.45) is 6.79. The molecule has 0 spiro atoms. The molecule has 0 bridgehead atoms. The van der Waals surface area contributed by atoms with Gasteiger partial charge in [0.15, 0.2) is 12.1 Å². The van der Waals surface area contributed by atoms with Crippen LogP contribution in [0.25, 0.3) is 22.0 Å². The van der Waals surface area contributed by atoms with Gasteiger partial charge in [0.25, 0.3) is 0 Å². The van der Waals surface area contributed by atoms with E-state index in [9.17, 15) is 4.79 Å². The Hall–Kier alpha value is -3.42. The van der Waals surface area contributed by atoms with Crippen molar-refractivity contribution in [2.24, 2.45) is 0 Å². The number of anilines is 1. The number of hydrogen-bond donors (Lipinski definition) is 2. The van der Waals surface area contributed by atoms with Crippen molar-refractivity contribution in [3.63, 3.8) is 0 Å². The van der Waals surface area contributed by atoms with Crippen molar-refractivity contribution in [1.29, 1.82) is 0 Å². The maximum absolute atomic E-state index is 10.8. The van der Waals surface area contributed by atoms with Gasteiger partial charge in [-0.3, -0.25) is 9.59 Å². The summed E-state index contributed by atoms with van der Waals surface area (Å²) >= 11 is 0. The molecule has 1 aliphatic heterocycles. The number of allylic oxidation sites excluding steroid dienone is 1. The van der Waals surface area contributed by atoms with Gasteiger partial charge in [-0.25, -0.2) is 9.97 Å². The van der Waals surface area contributed by atoms with Crippen LogP contribution in [0.3, 0.4) is 0 Å². The molecule has 2 aromatic carbocycles. The molecule has 2 N–H and O–H groups in total. The molecule has 1 aliphatic rings. The van der Waals surface area contributed by atoms with Gasteiger partial charge in [-0.1, -0.05) is 30.8 Å². The summed E-state index contributed by atoms with van der Waals surface area (Å²) < 4.78 is 0. The van der Waals surface area contributed by atoms with Crippen LogP contribution < -0.4 is 10.6 Å². The molecule has 7 nitrogen and oxygen atoms in total. The zero-order valence-corrected chi connectivity index (χ0v) is 19.6. The molecule has 0 unspecified atom stereocenters. The lowest BCUT2D eigenvalue weighted by atomic mass is 10.0. The number of nitrogens with one attached hydrogen (secondary N) is 2. The molecule has 0 atom stereocenters. The van der Waals surface area contributed by atoms with Crippen LogP contribution in [0.2, 0.25) is 0 Å². The maximum Gasteiger partial charge on any atom is 0.193 e. The molecule has 0 amide bonds. The molecule has 3 aromatic rings. The number of carbonyl (C=O) groups excluding carboxylic acids is 2. The first kappa shape index (κ1) is 25.8. The second-order valence-corrected chi connectivity index (χ2v) is 7.69. The number of likely N-dealkylation sites (tertiary alicyclic amines) is 1. The molecular weight excluding hydrogens is 414 g/mol. The van der Waals surface area contributed by atoms with Gasteiger partial charge in [-0.15, -0.1) is 0 Å². The van der Waals surface area contributed by atoms with Gasteiger partial charge < -0.3 is 15.5 Å². The van der Waals surface area contributed by atoms with Crippen molar-refractivity contribution in [1.82, 2.24) is 20.2 Å². The Balaban J connectivity index is 0.000000246. The number of piperidine rings is 1. The standard InChI is InChI=1S/C16H13N3O.C7H16N2.C3H4O/c1-17-14-4-2-3-11(7-14)12-5-6-13-9-18-16(10-20)19-15(13)8-12;1-8-7-3-5-9(2)6-4-7;1-2-3-4/h2-10,17H,1H3;7-8H,3-6H2,1-2H3;2-3H,1H2. The number of fused-ring (bicyclic) bond motifs is 1. The largest absolute Gasteiger partial charge is 0.388 e. The van der Waals surface area contributed by atoms with E-state index < -0.39 is 0 Å². The summed E-state index contributed by atoms with van der Waals surface area (Å²) in [5.41, 5.74) is 3.99. The van der Waals surface area contributed by atoms with Crippen LogP contribution in [0, 0.1) is 0 Å². The first-order valence-electron chi connectivity index (χ1n) is 11.0. The van der Waals surface area contributed by atoms with Crippen molar-refractivity contribution >= 4 is 29.2 Å². The van der Waals surface area contributed by atoms with Gasteiger partial charge in [0.1, 0.15) is 6.29 Å². The van der Waals surface area contributed by atoms with Crippen molar-refractivity contribution in [2.75, 3.05) is 39.5 Å². The minimum Gasteiger partial charge on any atom is -0.388 e. The highest BCUT2D eigenvalue weighted by Gasteiger charge is 2.13. The first-order valence-corrected chi connectivity index (χ1v) is 11.0. The van der Waals surface area contributed by atoms with E-state index in [4.69, 9.17) is 4.79 Å². The average molecular weight is 448 g/mol. The zero-order valence-electron chi connectivity index (χ0n) is 19.6. The van der Waals surface area contributed by atoms with Gasteiger partial charge in [-0.05, 0) is 75.4 Å². The van der Waals surface area contributed by atoms with E-state index in [2.05, 4.69) is 52.2 Å². The molecule has 4 rings (SSSR count). The zero-order chi connectivity index (χ0) is 24.1. The van der Waals surface area contributed by atoms with Gasteiger partial charge in [0, 0.05) is 30.4 Å². The lowest BCUT2D eigenvalue weighted by molar-refractivity contribution is -0.104. The minimum absolute atomic E-state index is 0.207. The monoisotopic (exact) mass is 447 g/mol. The highest BCUT2D eigenvalue weighted by Crippen LogP contribution is 2.25. The van der Waals surface area contributed by atoms with E-state index in [0.717, 1.165) is 33.8 Å². The second-order valence-electron chi connectivity index (χ2n) is 7.69. The highest BCUT2D eigenvalue weighted by molar-refractivity contribution is 5.86. The molecular formula is C26H33N5O2. The number of aromatic nitrogens is 2. The summed E-state index contributed by atoms with van der Waals surface area (Å²) in [6, 6.07) is 14.9. The first-order chi connectivity index (χ1) is 16.0. The third-order valence-corrected chi connectivity index (χ3v) is 5.41. The average Bonchev–Trinajstić information content (AvgIpc) is 2.89. The van der Waals surface area contributed by atoms with Crippen LogP contribution in [-0.4, -0.2) is 67.7 Å². The number of aldehydes is 2. The number of carbonyl (C=O) groups is 2. The Morgan fingerprint density at radius 2 is 1.76 bits per heavy atom. The Bertz CT molecular complexity index is 1040. The molecule has 174 valence electrons. The predicted octanol–water partition coefficient (Wildman–Crippen LogP) is 3.82. The summed E-state index contributed by atoms with van der Waals surface area (Å²) in [5, 5.41) is 7.34. The van der Waals surface area contributed by atoms with Crippen molar-refractivity contribution in [2.45, 2.75) is 18.9 Å². The van der Waals surface area contributed by atoms with Gasteiger partial charge in [-0.2, -0.15) is 0 Å². The Morgan fingerprint density at radius 3 is 2.36 bits per heavy atom. The molecule has 2 heterocycles. The summed E-state index contributed by atoms with van der Waals surface area (Å²) in [5.74, 6) is 0.207. The lowest BCUT2D eigenvalue weighted by Crippen LogP contribution is -2.39. The summed E-state index contributed by atoms with van der Waals surface area (Å²) in [7, 11) is 6.13. The van der Waals surface area contributed by atoms with Crippen LogP contribution in [0.5, 0.6) is 0 Å². The summed E-state index contributed by atoms with van der Waals surface area (Å²) in [4.78, 5) is 30.4. The van der Waals surface area contributed by atoms with E-state index in [1.54, 1.807) is 6.20 Å². The van der Waals surface area contributed by atoms with Crippen LogP contribution in [0.4, 0.5) is 5.69 Å². The van der Waals surface area contributed by atoms with Gasteiger partial charge >= 0.3 is 0 Å². The van der Waals surface area contributed by atoms with Crippen LogP contribution in [0.15, 0.2) is 61.3 Å². The van der Waals surface area contributed by atoms with Crippen molar-refractivity contribution in [3.8, 4) is 11.1 Å². The van der Waals surface area contributed by atoms with E-state index >= 15 is 0 Å². The third-order valence-electron chi connectivity index (χ3n) is 5.41. The predicted molar refractivity (Wildman–Crippen MR) is 136 cm³/mol. The van der Waals surface area contributed by atoms with Gasteiger partial charge in [0.05, 0.1) is 5.52 Å². The number of benzene rings is 2. The van der Waals surface area contributed by atoms with E-state index in [-0.39, 0.29) is 5.82 Å². The Labute approximate surface area is 195 Å². The van der Waals surface area contributed by atoms with Crippen LogP contribution >= 0.6 is 0 Å². The minimum atomic E-state index is 0.207. The second kappa shape index (κ2) is 13.9. The van der Waals surface area contributed by atoms with E-state index in [1.807, 2.05) is 43.4 Å². The Kier molecular flexibility index (Phi) is 10.9. The normalized spacial score (nSPS) is 13.7. The maximum atomic E-state index is 10.8. The molecule has 7 heteroatoms. The summed E-state index contributed by atoms with van der Waals surface area (Å²) in [6.45, 7) is 5.62. The molecule has 1 aromatic heterocycles.